The molecule has 0 N–H and O–H groups in total. The number of fused-ring (bicyclic) bond motifs is 1. The fraction of sp³-hybridized carbons (Fsp3) is 0.0769. The van der Waals surface area contributed by atoms with Crippen LogP contribution in [0.15, 0.2) is 45.4 Å². The van der Waals surface area contributed by atoms with Crippen LogP contribution in [0.1, 0.15) is 5.82 Å². The van der Waals surface area contributed by atoms with Gasteiger partial charge in [0.05, 0.1) is 5.88 Å². The van der Waals surface area contributed by atoms with E-state index >= 15 is 0 Å². The average Bonchev–Trinajstić information content (AvgIpc) is 2.87. The second-order valence-electron chi connectivity index (χ2n) is 3.86. The van der Waals surface area contributed by atoms with Gasteiger partial charge in [0.15, 0.2) is 5.82 Å². The maximum absolute atomic E-state index is 5.65. The Morgan fingerprint density at radius 3 is 2.67 bits per heavy atom. The van der Waals surface area contributed by atoms with Crippen LogP contribution in [0.25, 0.3) is 22.2 Å². The van der Waals surface area contributed by atoms with E-state index in [0.717, 1.165) is 20.8 Å². The highest BCUT2D eigenvalue weighted by atomic mass is 79.9. The Bertz CT molecular complexity index is 711. The van der Waals surface area contributed by atoms with E-state index in [1.807, 2.05) is 30.3 Å². The number of hydrogen-bond donors (Lipinski definition) is 0. The lowest BCUT2D eigenvalue weighted by Gasteiger charge is -2.00. The molecule has 0 fully saturated rings. The molecule has 0 spiro atoms. The normalized spacial score (nSPS) is 11.0. The molecule has 5 heteroatoms. The summed E-state index contributed by atoms with van der Waals surface area (Å²) in [5.74, 6) is 1.25. The van der Waals surface area contributed by atoms with Gasteiger partial charge in [-0.1, -0.05) is 33.2 Å². The minimum absolute atomic E-state index is 0.254. The topological polar surface area (TPSA) is 38.9 Å². The molecule has 0 radical (unpaired) electrons. The third-order valence-corrected chi connectivity index (χ3v) is 3.37. The third-order valence-electron chi connectivity index (χ3n) is 2.64. The first kappa shape index (κ1) is 11.7. The molecule has 0 atom stereocenters. The van der Waals surface area contributed by atoms with Crippen molar-refractivity contribution >= 4 is 38.3 Å². The van der Waals surface area contributed by atoms with Gasteiger partial charge in [-0.05, 0) is 35.0 Å². The highest BCUT2D eigenvalue weighted by molar-refractivity contribution is 9.10. The quantitative estimate of drug-likeness (QED) is 0.656. The van der Waals surface area contributed by atoms with E-state index in [1.165, 1.54) is 0 Å². The molecule has 0 amide bonds. The van der Waals surface area contributed by atoms with Crippen molar-refractivity contribution < 1.29 is 4.52 Å². The summed E-state index contributed by atoms with van der Waals surface area (Å²) in [5, 5.41) is 6.06. The van der Waals surface area contributed by atoms with Crippen LogP contribution >= 0.6 is 27.5 Å². The van der Waals surface area contributed by atoms with E-state index in [4.69, 9.17) is 16.1 Å². The Morgan fingerprint density at radius 2 is 1.89 bits per heavy atom. The molecular weight excluding hydrogens is 316 g/mol. The summed E-state index contributed by atoms with van der Waals surface area (Å²) in [6.45, 7) is 0. The summed E-state index contributed by atoms with van der Waals surface area (Å²) in [4.78, 5) is 4.20. The van der Waals surface area contributed by atoms with Gasteiger partial charge >= 0.3 is 0 Å². The number of alkyl halides is 1. The van der Waals surface area contributed by atoms with Crippen molar-refractivity contribution in [3.63, 3.8) is 0 Å². The second kappa shape index (κ2) is 4.71. The molecule has 3 rings (SSSR count). The Labute approximate surface area is 117 Å². The van der Waals surface area contributed by atoms with Gasteiger partial charge in [0.25, 0.3) is 5.89 Å². The zero-order chi connectivity index (χ0) is 12.5. The maximum atomic E-state index is 5.65. The van der Waals surface area contributed by atoms with E-state index < -0.39 is 0 Å². The van der Waals surface area contributed by atoms with Crippen LogP contribution in [-0.2, 0) is 5.88 Å². The van der Waals surface area contributed by atoms with Crippen molar-refractivity contribution in [3.05, 3.63) is 46.7 Å². The van der Waals surface area contributed by atoms with Gasteiger partial charge in [0, 0.05) is 10.0 Å². The third kappa shape index (κ3) is 2.13. The summed E-state index contributed by atoms with van der Waals surface area (Å²) in [6.07, 6.45) is 0. The highest BCUT2D eigenvalue weighted by Crippen LogP contribution is 2.25. The molecule has 2 aromatic carbocycles. The van der Waals surface area contributed by atoms with Crippen molar-refractivity contribution in [1.29, 1.82) is 0 Å². The molecule has 0 saturated heterocycles. The minimum atomic E-state index is 0.254. The lowest BCUT2D eigenvalue weighted by Crippen LogP contribution is -1.81. The van der Waals surface area contributed by atoms with Gasteiger partial charge in [0.2, 0.25) is 0 Å². The second-order valence-corrected chi connectivity index (χ2v) is 5.04. The molecule has 0 aliphatic rings. The Morgan fingerprint density at radius 1 is 1.11 bits per heavy atom. The summed E-state index contributed by atoms with van der Waals surface area (Å²) in [5.41, 5.74) is 0.897. The first-order valence-electron chi connectivity index (χ1n) is 5.34. The fourth-order valence-corrected chi connectivity index (χ4v) is 2.26. The molecule has 90 valence electrons. The lowest BCUT2D eigenvalue weighted by atomic mass is 10.1. The van der Waals surface area contributed by atoms with E-state index in [1.54, 1.807) is 0 Å². The van der Waals surface area contributed by atoms with Crippen LogP contribution < -0.4 is 0 Å². The molecule has 3 aromatic rings. The van der Waals surface area contributed by atoms with Gasteiger partial charge in [-0.25, -0.2) is 0 Å². The van der Waals surface area contributed by atoms with Crippen molar-refractivity contribution in [2.24, 2.45) is 0 Å². The molecule has 0 bridgehead atoms. The lowest BCUT2D eigenvalue weighted by molar-refractivity contribution is 0.425. The van der Waals surface area contributed by atoms with E-state index in [9.17, 15) is 0 Å². The number of benzene rings is 2. The van der Waals surface area contributed by atoms with Crippen molar-refractivity contribution in [2.45, 2.75) is 5.88 Å². The molecule has 0 aliphatic heterocycles. The molecule has 18 heavy (non-hydrogen) atoms. The van der Waals surface area contributed by atoms with Gasteiger partial charge in [-0.15, -0.1) is 11.6 Å². The minimum Gasteiger partial charge on any atom is -0.334 e. The molecule has 1 aromatic heterocycles. The molecule has 1 heterocycles. The summed E-state index contributed by atoms with van der Waals surface area (Å²) in [7, 11) is 0. The largest absolute Gasteiger partial charge is 0.334 e. The van der Waals surface area contributed by atoms with Crippen LogP contribution in [0.3, 0.4) is 0 Å². The molecule has 0 aliphatic carbocycles. The molecule has 0 unspecified atom stereocenters. The fourth-order valence-electron chi connectivity index (χ4n) is 1.78. The number of hydrogen-bond acceptors (Lipinski definition) is 3. The molecule has 0 saturated carbocycles. The number of rotatable bonds is 2. The standard InChI is InChI=1S/C13H8BrClN2O/c14-11-4-3-8-5-10(2-1-9(8)6-11)13-16-12(7-15)17-18-13/h1-6H,7H2. The van der Waals surface area contributed by atoms with Crippen molar-refractivity contribution in [3.8, 4) is 11.5 Å². The van der Waals surface area contributed by atoms with E-state index in [2.05, 4.69) is 32.1 Å². The molecule has 3 nitrogen and oxygen atoms in total. The monoisotopic (exact) mass is 322 g/mol. The first-order valence-corrected chi connectivity index (χ1v) is 6.67. The van der Waals surface area contributed by atoms with Crippen molar-refractivity contribution in [2.75, 3.05) is 0 Å². The van der Waals surface area contributed by atoms with E-state index in [-0.39, 0.29) is 5.88 Å². The van der Waals surface area contributed by atoms with Crippen molar-refractivity contribution in [1.82, 2.24) is 10.1 Å². The van der Waals surface area contributed by atoms with Crippen LogP contribution in [-0.4, -0.2) is 10.1 Å². The van der Waals surface area contributed by atoms with Crippen LogP contribution in [0.2, 0.25) is 0 Å². The van der Waals surface area contributed by atoms with Gasteiger partial charge in [0.1, 0.15) is 0 Å². The van der Waals surface area contributed by atoms with E-state index in [0.29, 0.717) is 11.7 Å². The Hall–Kier alpha value is -1.39. The number of aromatic nitrogens is 2. The van der Waals surface area contributed by atoms with Crippen LogP contribution in [0, 0.1) is 0 Å². The summed E-state index contributed by atoms with van der Waals surface area (Å²) >= 11 is 9.10. The van der Waals surface area contributed by atoms with Crippen LogP contribution in [0.4, 0.5) is 0 Å². The van der Waals surface area contributed by atoms with Gasteiger partial charge in [-0.2, -0.15) is 4.98 Å². The predicted molar refractivity (Wildman–Crippen MR) is 74.5 cm³/mol. The maximum Gasteiger partial charge on any atom is 0.257 e. The Balaban J connectivity index is 2.10. The van der Waals surface area contributed by atoms with Gasteiger partial charge in [-0.3, -0.25) is 0 Å². The Kier molecular flexibility index (Phi) is 3.06. The average molecular weight is 324 g/mol. The summed E-state index contributed by atoms with van der Waals surface area (Å²) < 4.78 is 6.22. The SMILES string of the molecule is ClCc1noc(-c2ccc3cc(Br)ccc3c2)n1. The zero-order valence-electron chi connectivity index (χ0n) is 9.23. The van der Waals surface area contributed by atoms with Crippen LogP contribution in [0.5, 0.6) is 0 Å². The summed E-state index contributed by atoms with van der Waals surface area (Å²) in [6, 6.07) is 12.1. The first-order chi connectivity index (χ1) is 8.76. The predicted octanol–water partition coefficient (Wildman–Crippen LogP) is 4.39. The highest BCUT2D eigenvalue weighted by Gasteiger charge is 2.08. The number of halogens is 2. The van der Waals surface area contributed by atoms with Gasteiger partial charge < -0.3 is 4.52 Å². The molecular formula is C13H8BrClN2O. The smallest absolute Gasteiger partial charge is 0.257 e. The number of nitrogens with zero attached hydrogens (tertiary/aromatic N) is 2. The zero-order valence-corrected chi connectivity index (χ0v) is 11.6.